The average Bonchev–Trinajstić information content (AvgIpc) is 2.81. The van der Waals surface area contributed by atoms with Gasteiger partial charge in [-0.25, -0.2) is 4.98 Å². The summed E-state index contributed by atoms with van der Waals surface area (Å²) < 4.78 is 0. The van der Waals surface area contributed by atoms with E-state index in [1.807, 2.05) is 24.3 Å². The Morgan fingerprint density at radius 1 is 0.774 bits per heavy atom. The monoisotopic (exact) mass is 407 g/mol. The number of fused-ring (bicyclic) bond motifs is 1. The van der Waals surface area contributed by atoms with Crippen LogP contribution in [0.4, 0.5) is 5.82 Å². The van der Waals surface area contributed by atoms with Gasteiger partial charge < -0.3 is 4.90 Å². The molecule has 3 aromatic carbocycles. The molecule has 1 saturated heterocycles. The Balaban J connectivity index is 1.41. The first-order valence-electron chi connectivity index (χ1n) is 11.2. The zero-order valence-corrected chi connectivity index (χ0v) is 17.7. The van der Waals surface area contributed by atoms with Gasteiger partial charge in [0, 0.05) is 24.5 Å². The van der Waals surface area contributed by atoms with Crippen LogP contribution in [0.15, 0.2) is 91.0 Å². The molecule has 0 spiro atoms. The molecule has 3 nitrogen and oxygen atoms in total. The number of pyridine rings is 1. The van der Waals surface area contributed by atoms with Crippen molar-refractivity contribution in [3.05, 3.63) is 102 Å². The van der Waals surface area contributed by atoms with E-state index in [-0.39, 0.29) is 5.75 Å². The summed E-state index contributed by atoms with van der Waals surface area (Å²) in [5, 5.41) is 13.4. The molecule has 155 valence electrons. The Morgan fingerprint density at radius 3 is 2.10 bits per heavy atom. The summed E-state index contributed by atoms with van der Waals surface area (Å²) in [5.74, 6) is 2.01. The fraction of sp³-hybridized carbons (Fsp3) is 0.250. The molecule has 2 atom stereocenters. The lowest BCUT2D eigenvalue weighted by atomic mass is 9.78. The number of nitrogens with zero attached hydrogens (tertiary/aromatic N) is 2. The number of para-hydroxylation sites is 1. The lowest BCUT2D eigenvalue weighted by Crippen LogP contribution is -2.42. The first-order valence-corrected chi connectivity index (χ1v) is 11.2. The number of piperidine rings is 1. The summed E-state index contributed by atoms with van der Waals surface area (Å²) >= 11 is 0. The van der Waals surface area contributed by atoms with Gasteiger partial charge in [0.1, 0.15) is 5.82 Å². The topological polar surface area (TPSA) is 36.0 Å². The Morgan fingerprint density at radius 2 is 1.39 bits per heavy atom. The first kappa shape index (κ1) is 19.6. The Kier molecular flexibility index (Phi) is 5.57. The van der Waals surface area contributed by atoms with Crippen molar-refractivity contribution in [3.63, 3.8) is 0 Å². The molecule has 0 N–H and O–H groups in total. The quantitative estimate of drug-likeness (QED) is 0.389. The lowest BCUT2D eigenvalue weighted by Gasteiger charge is -2.39. The lowest BCUT2D eigenvalue weighted by molar-refractivity contribution is 0.273. The fourth-order valence-corrected chi connectivity index (χ4v) is 4.91. The maximum Gasteiger partial charge on any atom is 0.191 e. The van der Waals surface area contributed by atoms with E-state index >= 15 is 0 Å². The van der Waals surface area contributed by atoms with E-state index in [1.54, 1.807) is 6.07 Å². The van der Waals surface area contributed by atoms with E-state index in [9.17, 15) is 5.11 Å². The van der Waals surface area contributed by atoms with E-state index in [0.29, 0.717) is 17.2 Å². The molecule has 1 aliphatic heterocycles. The van der Waals surface area contributed by atoms with Crippen LogP contribution in [0.2, 0.25) is 0 Å². The van der Waals surface area contributed by atoms with Gasteiger partial charge in [0.05, 0.1) is 5.52 Å². The van der Waals surface area contributed by atoms with Gasteiger partial charge in [-0.3, -0.25) is 5.11 Å². The van der Waals surface area contributed by atoms with Crippen molar-refractivity contribution in [2.45, 2.75) is 19.3 Å². The molecule has 1 aromatic heterocycles. The molecule has 0 aliphatic carbocycles. The molecule has 1 radical (unpaired) electrons. The average molecular weight is 408 g/mol. The highest BCUT2D eigenvalue weighted by Crippen LogP contribution is 2.34. The predicted molar refractivity (Wildman–Crippen MR) is 126 cm³/mol. The van der Waals surface area contributed by atoms with Gasteiger partial charge in [0.2, 0.25) is 0 Å². The molecule has 0 bridgehead atoms. The number of benzene rings is 3. The number of anilines is 1. The number of hydrogen-bond acceptors (Lipinski definition) is 2. The molecule has 1 fully saturated rings. The van der Waals surface area contributed by atoms with Gasteiger partial charge in [0.25, 0.3) is 0 Å². The SMILES string of the molecule is [O]c1cc(N2CCC(Cc3ccccc3)C(Cc3ccccc3)C2)nc2ccccc12. The normalized spacial score (nSPS) is 18.9. The second-order valence-electron chi connectivity index (χ2n) is 8.63. The standard InChI is InChI=1S/C28H27N2O/c31-27-19-28(29-26-14-8-7-13-25(26)27)30-16-15-23(17-21-9-3-1-4-10-21)24(20-30)18-22-11-5-2-6-12-22/h1-14,19,23-24H,15-18,20H2. The maximum absolute atomic E-state index is 12.7. The van der Waals surface area contributed by atoms with Crippen LogP contribution in [0.25, 0.3) is 10.9 Å². The minimum atomic E-state index is 0.0617. The van der Waals surface area contributed by atoms with Crippen LogP contribution in [0.5, 0.6) is 5.75 Å². The molecule has 1 aliphatic rings. The van der Waals surface area contributed by atoms with Crippen molar-refractivity contribution in [2.24, 2.45) is 11.8 Å². The summed E-state index contributed by atoms with van der Waals surface area (Å²) in [6.45, 7) is 1.87. The van der Waals surface area contributed by atoms with Crippen molar-refractivity contribution in [1.82, 2.24) is 4.98 Å². The second-order valence-corrected chi connectivity index (χ2v) is 8.63. The van der Waals surface area contributed by atoms with E-state index in [0.717, 1.165) is 43.7 Å². The minimum absolute atomic E-state index is 0.0617. The number of aromatic nitrogens is 1. The van der Waals surface area contributed by atoms with Crippen molar-refractivity contribution in [2.75, 3.05) is 18.0 Å². The molecular weight excluding hydrogens is 380 g/mol. The van der Waals surface area contributed by atoms with E-state index in [2.05, 4.69) is 65.6 Å². The van der Waals surface area contributed by atoms with E-state index in [4.69, 9.17) is 4.98 Å². The number of hydrogen-bond donors (Lipinski definition) is 0. The van der Waals surface area contributed by atoms with Crippen molar-refractivity contribution in [1.29, 1.82) is 0 Å². The van der Waals surface area contributed by atoms with E-state index in [1.165, 1.54) is 11.1 Å². The highest BCUT2D eigenvalue weighted by molar-refractivity contribution is 5.86. The van der Waals surface area contributed by atoms with Gasteiger partial charge in [0.15, 0.2) is 5.75 Å². The second kappa shape index (κ2) is 8.81. The van der Waals surface area contributed by atoms with Crippen LogP contribution >= 0.6 is 0 Å². The summed E-state index contributed by atoms with van der Waals surface area (Å²) in [6, 6.07) is 30.9. The van der Waals surface area contributed by atoms with Crippen LogP contribution in [-0.2, 0) is 17.9 Å². The van der Waals surface area contributed by atoms with Crippen molar-refractivity contribution in [3.8, 4) is 5.75 Å². The van der Waals surface area contributed by atoms with Crippen molar-refractivity contribution >= 4 is 16.7 Å². The highest BCUT2D eigenvalue weighted by atomic mass is 16.3. The highest BCUT2D eigenvalue weighted by Gasteiger charge is 2.30. The fourth-order valence-electron chi connectivity index (χ4n) is 4.91. The van der Waals surface area contributed by atoms with Gasteiger partial charge >= 0.3 is 0 Å². The summed E-state index contributed by atoms with van der Waals surface area (Å²) in [4.78, 5) is 7.16. The Hall–Kier alpha value is -3.33. The molecule has 0 saturated carbocycles. The molecule has 2 unspecified atom stereocenters. The predicted octanol–water partition coefficient (Wildman–Crippen LogP) is 6.31. The largest absolute Gasteiger partial charge is 0.356 e. The van der Waals surface area contributed by atoms with Gasteiger partial charge in [-0.1, -0.05) is 72.8 Å². The van der Waals surface area contributed by atoms with E-state index < -0.39 is 0 Å². The van der Waals surface area contributed by atoms with Crippen LogP contribution in [0.3, 0.4) is 0 Å². The molecule has 4 aromatic rings. The smallest absolute Gasteiger partial charge is 0.191 e. The van der Waals surface area contributed by atoms with Crippen LogP contribution in [0, 0.1) is 11.8 Å². The maximum atomic E-state index is 12.7. The summed E-state index contributed by atoms with van der Waals surface area (Å²) in [7, 11) is 0. The van der Waals surface area contributed by atoms with Crippen LogP contribution in [-0.4, -0.2) is 18.1 Å². The van der Waals surface area contributed by atoms with Gasteiger partial charge in [-0.15, -0.1) is 0 Å². The third-order valence-electron chi connectivity index (χ3n) is 6.56. The molecule has 2 heterocycles. The Labute approximate surface area is 184 Å². The number of rotatable bonds is 5. The molecule has 5 rings (SSSR count). The van der Waals surface area contributed by atoms with Crippen LogP contribution in [0.1, 0.15) is 17.5 Å². The van der Waals surface area contributed by atoms with Crippen LogP contribution < -0.4 is 4.90 Å². The first-order chi connectivity index (χ1) is 15.3. The van der Waals surface area contributed by atoms with Gasteiger partial charge in [-0.05, 0) is 54.4 Å². The zero-order valence-electron chi connectivity index (χ0n) is 17.7. The zero-order chi connectivity index (χ0) is 21.0. The molecule has 31 heavy (non-hydrogen) atoms. The molecule has 0 amide bonds. The minimum Gasteiger partial charge on any atom is -0.356 e. The third-order valence-corrected chi connectivity index (χ3v) is 6.56. The molecular formula is C28H27N2O. The Bertz CT molecular complexity index is 1140. The molecule has 3 heteroatoms. The summed E-state index contributed by atoms with van der Waals surface area (Å²) in [6.07, 6.45) is 3.26. The van der Waals surface area contributed by atoms with Crippen molar-refractivity contribution < 1.29 is 5.11 Å². The van der Waals surface area contributed by atoms with Gasteiger partial charge in [-0.2, -0.15) is 0 Å². The summed E-state index contributed by atoms with van der Waals surface area (Å²) in [5.41, 5.74) is 3.57. The third kappa shape index (κ3) is 4.41.